The Morgan fingerprint density at radius 1 is 1.27 bits per heavy atom. The Balaban J connectivity index is 2.63. The number of carbonyl (C=O) groups is 1. The SMILES string of the molecule is CC(C)CNC1(C(=O)O)CCCCCC1. The highest BCUT2D eigenvalue weighted by Crippen LogP contribution is 2.27. The molecular formula is C12H23NO2. The normalized spacial score (nSPS) is 21.3. The summed E-state index contributed by atoms with van der Waals surface area (Å²) in [5, 5.41) is 12.6. The van der Waals surface area contributed by atoms with Crippen LogP contribution in [0.1, 0.15) is 52.4 Å². The molecular weight excluding hydrogens is 190 g/mol. The van der Waals surface area contributed by atoms with E-state index in [0.717, 1.165) is 32.2 Å². The van der Waals surface area contributed by atoms with E-state index in [1.54, 1.807) is 0 Å². The van der Waals surface area contributed by atoms with Crippen LogP contribution < -0.4 is 5.32 Å². The standard InChI is InChI=1S/C12H23NO2/c1-10(2)9-13-12(11(14)15)7-5-3-4-6-8-12/h10,13H,3-9H2,1-2H3,(H,14,15). The third-order valence-electron chi connectivity index (χ3n) is 3.22. The third-order valence-corrected chi connectivity index (χ3v) is 3.22. The monoisotopic (exact) mass is 213 g/mol. The number of hydrogen-bond acceptors (Lipinski definition) is 2. The van der Waals surface area contributed by atoms with Crippen molar-refractivity contribution in [1.29, 1.82) is 0 Å². The van der Waals surface area contributed by atoms with Gasteiger partial charge >= 0.3 is 5.97 Å². The quantitative estimate of drug-likeness (QED) is 0.705. The Kier molecular flexibility index (Phi) is 4.58. The maximum Gasteiger partial charge on any atom is 0.323 e. The summed E-state index contributed by atoms with van der Waals surface area (Å²) in [6.45, 7) is 5.02. The van der Waals surface area contributed by atoms with Gasteiger partial charge in [0.25, 0.3) is 0 Å². The Bertz CT molecular complexity index is 206. The fraction of sp³-hybridized carbons (Fsp3) is 0.917. The van der Waals surface area contributed by atoms with Crippen LogP contribution in [0.15, 0.2) is 0 Å². The van der Waals surface area contributed by atoms with E-state index < -0.39 is 11.5 Å². The minimum absolute atomic E-state index is 0.504. The van der Waals surface area contributed by atoms with Gasteiger partial charge in [0.1, 0.15) is 5.54 Å². The van der Waals surface area contributed by atoms with E-state index in [2.05, 4.69) is 19.2 Å². The van der Waals surface area contributed by atoms with Crippen molar-refractivity contribution in [3.8, 4) is 0 Å². The van der Waals surface area contributed by atoms with Gasteiger partial charge in [-0.05, 0) is 25.3 Å². The Labute approximate surface area is 92.3 Å². The van der Waals surface area contributed by atoms with Gasteiger partial charge in [0.15, 0.2) is 0 Å². The molecule has 1 aliphatic rings. The summed E-state index contributed by atoms with van der Waals surface area (Å²) in [7, 11) is 0. The van der Waals surface area contributed by atoms with Crippen molar-refractivity contribution >= 4 is 5.97 Å². The second-order valence-electron chi connectivity index (χ2n) is 5.08. The van der Waals surface area contributed by atoms with Crippen LogP contribution in [0.3, 0.4) is 0 Å². The van der Waals surface area contributed by atoms with Crippen molar-refractivity contribution in [2.75, 3.05) is 6.54 Å². The zero-order valence-corrected chi connectivity index (χ0v) is 9.88. The van der Waals surface area contributed by atoms with Crippen molar-refractivity contribution < 1.29 is 9.90 Å². The summed E-state index contributed by atoms with van der Waals surface area (Å²) >= 11 is 0. The number of aliphatic carboxylic acids is 1. The molecule has 0 heterocycles. The van der Waals surface area contributed by atoms with Gasteiger partial charge in [0.2, 0.25) is 0 Å². The minimum atomic E-state index is -0.662. The zero-order chi connectivity index (χ0) is 11.3. The molecule has 0 atom stereocenters. The van der Waals surface area contributed by atoms with E-state index in [1.807, 2.05) is 0 Å². The second-order valence-corrected chi connectivity index (χ2v) is 5.08. The molecule has 1 saturated carbocycles. The molecule has 88 valence electrons. The third kappa shape index (κ3) is 3.49. The van der Waals surface area contributed by atoms with Crippen LogP contribution in [0, 0.1) is 5.92 Å². The molecule has 0 unspecified atom stereocenters. The first kappa shape index (κ1) is 12.5. The van der Waals surface area contributed by atoms with Crippen molar-refractivity contribution in [2.24, 2.45) is 5.92 Å². The second kappa shape index (κ2) is 5.50. The lowest BCUT2D eigenvalue weighted by Gasteiger charge is -2.30. The van der Waals surface area contributed by atoms with Crippen LogP contribution >= 0.6 is 0 Å². The predicted molar refractivity (Wildman–Crippen MR) is 60.9 cm³/mol. The van der Waals surface area contributed by atoms with Crippen LogP contribution in [0.25, 0.3) is 0 Å². The van der Waals surface area contributed by atoms with Crippen LogP contribution in [-0.4, -0.2) is 23.2 Å². The van der Waals surface area contributed by atoms with Crippen molar-refractivity contribution in [3.63, 3.8) is 0 Å². The van der Waals surface area contributed by atoms with Crippen LogP contribution in [0.4, 0.5) is 0 Å². The lowest BCUT2D eigenvalue weighted by atomic mass is 9.90. The van der Waals surface area contributed by atoms with Crippen molar-refractivity contribution in [3.05, 3.63) is 0 Å². The molecule has 3 nitrogen and oxygen atoms in total. The van der Waals surface area contributed by atoms with Crippen LogP contribution in [0.5, 0.6) is 0 Å². The maximum atomic E-state index is 11.4. The van der Waals surface area contributed by atoms with Gasteiger partial charge in [-0.1, -0.05) is 39.5 Å². The molecule has 1 aliphatic carbocycles. The van der Waals surface area contributed by atoms with Gasteiger partial charge in [-0.2, -0.15) is 0 Å². The topological polar surface area (TPSA) is 49.3 Å². The molecule has 0 aromatic heterocycles. The molecule has 2 N–H and O–H groups in total. The Morgan fingerprint density at radius 3 is 2.20 bits per heavy atom. The minimum Gasteiger partial charge on any atom is -0.480 e. The summed E-state index contributed by atoms with van der Waals surface area (Å²) in [4.78, 5) is 11.4. The molecule has 0 amide bonds. The highest BCUT2D eigenvalue weighted by atomic mass is 16.4. The summed E-state index contributed by atoms with van der Waals surface area (Å²) in [6, 6.07) is 0. The predicted octanol–water partition coefficient (Wildman–Crippen LogP) is 2.41. The summed E-state index contributed by atoms with van der Waals surface area (Å²) in [5.74, 6) is -0.158. The van der Waals surface area contributed by atoms with Gasteiger partial charge in [0, 0.05) is 0 Å². The zero-order valence-electron chi connectivity index (χ0n) is 9.88. The first-order chi connectivity index (χ1) is 7.07. The molecule has 0 saturated heterocycles. The van der Waals surface area contributed by atoms with E-state index in [4.69, 9.17) is 0 Å². The number of rotatable bonds is 4. The molecule has 0 spiro atoms. The summed E-state index contributed by atoms with van der Waals surface area (Å²) in [5.41, 5.74) is -0.638. The lowest BCUT2D eigenvalue weighted by molar-refractivity contribution is -0.145. The maximum absolute atomic E-state index is 11.4. The Morgan fingerprint density at radius 2 is 1.80 bits per heavy atom. The van der Waals surface area contributed by atoms with E-state index in [0.29, 0.717) is 5.92 Å². The van der Waals surface area contributed by atoms with Crippen molar-refractivity contribution in [1.82, 2.24) is 5.32 Å². The molecule has 1 fully saturated rings. The molecule has 0 aromatic rings. The van der Waals surface area contributed by atoms with Crippen LogP contribution in [0.2, 0.25) is 0 Å². The first-order valence-electron chi connectivity index (χ1n) is 6.05. The number of hydrogen-bond donors (Lipinski definition) is 2. The highest BCUT2D eigenvalue weighted by molar-refractivity contribution is 5.78. The molecule has 0 aromatic carbocycles. The molecule has 1 rings (SSSR count). The summed E-state index contributed by atoms with van der Waals surface area (Å²) < 4.78 is 0. The van der Waals surface area contributed by atoms with E-state index >= 15 is 0 Å². The van der Waals surface area contributed by atoms with E-state index in [1.165, 1.54) is 12.8 Å². The molecule has 0 bridgehead atoms. The van der Waals surface area contributed by atoms with Crippen molar-refractivity contribution in [2.45, 2.75) is 57.9 Å². The molecule has 0 aliphatic heterocycles. The van der Waals surface area contributed by atoms with Gasteiger partial charge in [-0.25, -0.2) is 0 Å². The summed E-state index contributed by atoms with van der Waals surface area (Å²) in [6.07, 6.45) is 6.01. The highest BCUT2D eigenvalue weighted by Gasteiger charge is 2.37. The van der Waals surface area contributed by atoms with Crippen LogP contribution in [-0.2, 0) is 4.79 Å². The number of carboxylic acid groups (broad SMARTS) is 1. The largest absolute Gasteiger partial charge is 0.480 e. The Hall–Kier alpha value is -0.570. The molecule has 0 radical (unpaired) electrons. The van der Waals surface area contributed by atoms with Gasteiger partial charge in [-0.15, -0.1) is 0 Å². The average Bonchev–Trinajstić information content (AvgIpc) is 2.40. The van der Waals surface area contributed by atoms with Gasteiger partial charge in [-0.3, -0.25) is 4.79 Å². The fourth-order valence-electron chi connectivity index (χ4n) is 2.20. The smallest absolute Gasteiger partial charge is 0.323 e. The average molecular weight is 213 g/mol. The van der Waals surface area contributed by atoms with Gasteiger partial charge < -0.3 is 10.4 Å². The lowest BCUT2D eigenvalue weighted by Crippen LogP contribution is -2.52. The van der Waals surface area contributed by atoms with E-state index in [9.17, 15) is 9.90 Å². The fourth-order valence-corrected chi connectivity index (χ4v) is 2.20. The molecule has 15 heavy (non-hydrogen) atoms. The van der Waals surface area contributed by atoms with E-state index in [-0.39, 0.29) is 0 Å². The molecule has 3 heteroatoms. The number of carboxylic acids is 1. The first-order valence-corrected chi connectivity index (χ1v) is 6.05. The van der Waals surface area contributed by atoms with Gasteiger partial charge in [0.05, 0.1) is 0 Å². The number of nitrogens with one attached hydrogen (secondary N) is 1.